The summed E-state index contributed by atoms with van der Waals surface area (Å²) < 4.78 is 17.6. The molecule has 0 aliphatic heterocycles. The fourth-order valence-electron chi connectivity index (χ4n) is 1.03. The number of ether oxygens (including phenoxy) is 1. The van der Waals surface area contributed by atoms with Gasteiger partial charge in [0.1, 0.15) is 5.69 Å². The maximum atomic E-state index is 12.9. The lowest BCUT2D eigenvalue weighted by atomic mass is 10.3. The summed E-state index contributed by atoms with van der Waals surface area (Å²) in [4.78, 5) is 10.0. The van der Waals surface area contributed by atoms with E-state index in [-0.39, 0.29) is 29.2 Å². The van der Waals surface area contributed by atoms with Gasteiger partial charge in [0.05, 0.1) is 11.5 Å². The van der Waals surface area contributed by atoms with E-state index < -0.39 is 4.92 Å². The van der Waals surface area contributed by atoms with Crippen LogP contribution in [0.25, 0.3) is 0 Å². The summed E-state index contributed by atoms with van der Waals surface area (Å²) in [5.41, 5.74) is -0.175. The zero-order chi connectivity index (χ0) is 9.84. The molecule has 0 aromatic carbocycles. The van der Waals surface area contributed by atoms with Gasteiger partial charge in [-0.2, -0.15) is 4.79 Å². The van der Waals surface area contributed by atoms with Crippen molar-refractivity contribution in [3.05, 3.63) is 28.1 Å². The second kappa shape index (κ2) is 3.99. The maximum absolute atomic E-state index is 12.9. The molecule has 0 unspecified atom stereocenters. The molecular weight excluding hydrogens is 179 g/mol. The highest BCUT2D eigenvalue weighted by atomic mass is 19.2. The van der Waals surface area contributed by atoms with E-state index >= 15 is 0 Å². The zero-order valence-electron chi connectivity index (χ0n) is 7.07. The first kappa shape index (κ1) is 9.66. The maximum Gasteiger partial charge on any atom is 0.293 e. The van der Waals surface area contributed by atoms with Crippen LogP contribution in [0.2, 0.25) is 0 Å². The SMILES string of the molecule is COCCc1c([N+](=O)[O-])ccn1F. The molecule has 0 radical (unpaired) electrons. The number of nitrogens with zero attached hydrogens (tertiary/aromatic N) is 2. The van der Waals surface area contributed by atoms with Crippen LogP contribution >= 0.6 is 0 Å². The van der Waals surface area contributed by atoms with E-state index in [9.17, 15) is 14.6 Å². The topological polar surface area (TPSA) is 57.3 Å². The zero-order valence-corrected chi connectivity index (χ0v) is 7.07. The number of halogens is 1. The van der Waals surface area contributed by atoms with E-state index in [1.54, 1.807) is 0 Å². The molecule has 0 N–H and O–H groups in total. The van der Waals surface area contributed by atoms with Crippen LogP contribution in [0.5, 0.6) is 0 Å². The smallest absolute Gasteiger partial charge is 0.293 e. The van der Waals surface area contributed by atoms with Gasteiger partial charge in [0, 0.05) is 25.8 Å². The minimum absolute atomic E-state index is 0.0341. The molecule has 0 spiro atoms. The van der Waals surface area contributed by atoms with Crippen molar-refractivity contribution in [1.29, 1.82) is 0 Å². The largest absolute Gasteiger partial charge is 0.384 e. The third kappa shape index (κ3) is 2.03. The Kier molecular flexibility index (Phi) is 2.97. The summed E-state index contributed by atoms with van der Waals surface area (Å²) in [7, 11) is 1.46. The van der Waals surface area contributed by atoms with E-state index in [4.69, 9.17) is 4.74 Å². The van der Waals surface area contributed by atoms with Crippen LogP contribution in [-0.4, -0.2) is 23.4 Å². The molecule has 0 saturated heterocycles. The quantitative estimate of drug-likeness (QED) is 0.528. The second-order valence-electron chi connectivity index (χ2n) is 2.46. The van der Waals surface area contributed by atoms with Crippen molar-refractivity contribution < 1.29 is 14.1 Å². The van der Waals surface area contributed by atoms with Gasteiger partial charge in [-0.1, -0.05) is 4.48 Å². The molecule has 6 heteroatoms. The van der Waals surface area contributed by atoms with Gasteiger partial charge in [0.2, 0.25) is 0 Å². The summed E-state index contributed by atoms with van der Waals surface area (Å²) >= 11 is 0. The predicted octanol–water partition coefficient (Wildman–Crippen LogP) is 1.32. The summed E-state index contributed by atoms with van der Waals surface area (Å²) in [5.74, 6) is 0. The Balaban J connectivity index is 2.88. The number of nitro groups is 1. The second-order valence-corrected chi connectivity index (χ2v) is 2.46. The number of hydrogen-bond acceptors (Lipinski definition) is 3. The van der Waals surface area contributed by atoms with Gasteiger partial charge in [-0.3, -0.25) is 10.1 Å². The van der Waals surface area contributed by atoms with Crippen molar-refractivity contribution in [2.75, 3.05) is 13.7 Å². The molecule has 0 fully saturated rings. The average Bonchev–Trinajstić information content (AvgIpc) is 2.43. The normalized spacial score (nSPS) is 10.3. The van der Waals surface area contributed by atoms with Crippen LogP contribution < -0.4 is 0 Å². The number of aromatic nitrogens is 1. The summed E-state index contributed by atoms with van der Waals surface area (Å²) in [6.45, 7) is 0.259. The molecule has 0 aliphatic rings. The molecule has 0 bridgehead atoms. The molecule has 0 atom stereocenters. The fraction of sp³-hybridized carbons (Fsp3) is 0.429. The lowest BCUT2D eigenvalue weighted by Crippen LogP contribution is -2.01. The van der Waals surface area contributed by atoms with Crippen LogP contribution in [0, 0.1) is 10.1 Å². The first-order chi connectivity index (χ1) is 6.16. The van der Waals surface area contributed by atoms with Crippen molar-refractivity contribution in [3.8, 4) is 0 Å². The minimum atomic E-state index is -0.610. The van der Waals surface area contributed by atoms with Gasteiger partial charge in [0.25, 0.3) is 5.69 Å². The lowest BCUT2D eigenvalue weighted by Gasteiger charge is -1.98. The predicted molar refractivity (Wildman–Crippen MR) is 43.2 cm³/mol. The summed E-state index contributed by atoms with van der Waals surface area (Å²) in [6, 6.07) is 1.13. The van der Waals surface area contributed by atoms with Crippen molar-refractivity contribution >= 4 is 5.69 Å². The molecule has 13 heavy (non-hydrogen) atoms. The monoisotopic (exact) mass is 188 g/mol. The standard InChI is InChI=1S/C7H9FN2O3/c1-13-5-3-6-7(10(11)12)2-4-9(6)8/h2,4H,3,5H2,1H3. The van der Waals surface area contributed by atoms with E-state index in [0.717, 1.165) is 12.3 Å². The molecule has 0 amide bonds. The molecule has 5 nitrogen and oxygen atoms in total. The molecule has 1 aromatic rings. The van der Waals surface area contributed by atoms with Crippen molar-refractivity contribution in [2.24, 2.45) is 0 Å². The van der Waals surface area contributed by atoms with Gasteiger partial charge in [0.15, 0.2) is 0 Å². The molecule has 1 heterocycles. The third-order valence-corrected chi connectivity index (χ3v) is 1.66. The first-order valence-corrected chi connectivity index (χ1v) is 3.66. The Bertz CT molecular complexity index is 311. The van der Waals surface area contributed by atoms with Crippen LogP contribution in [0.3, 0.4) is 0 Å². The highest BCUT2D eigenvalue weighted by molar-refractivity contribution is 5.36. The Morgan fingerprint density at radius 2 is 2.46 bits per heavy atom. The van der Waals surface area contributed by atoms with Crippen LogP contribution in [0.1, 0.15) is 5.69 Å². The van der Waals surface area contributed by atoms with Crippen molar-refractivity contribution in [2.45, 2.75) is 6.42 Å². The molecule has 0 aliphatic carbocycles. The number of hydrogen-bond donors (Lipinski definition) is 0. The molecule has 0 saturated carbocycles. The van der Waals surface area contributed by atoms with Crippen LogP contribution in [-0.2, 0) is 11.2 Å². The van der Waals surface area contributed by atoms with Gasteiger partial charge < -0.3 is 4.74 Å². The van der Waals surface area contributed by atoms with E-state index in [0.29, 0.717) is 0 Å². The van der Waals surface area contributed by atoms with Gasteiger partial charge in [-0.05, 0) is 0 Å². The molecule has 72 valence electrons. The average molecular weight is 188 g/mol. The molecular formula is C7H9FN2O3. The summed E-state index contributed by atoms with van der Waals surface area (Å²) in [5, 5.41) is 10.4. The number of methoxy groups -OCH3 is 1. The molecule has 1 rings (SSSR count). The van der Waals surface area contributed by atoms with Gasteiger partial charge in [-0.15, -0.1) is 0 Å². The molecule has 1 aromatic heterocycles. The van der Waals surface area contributed by atoms with Crippen molar-refractivity contribution in [1.82, 2.24) is 4.79 Å². The van der Waals surface area contributed by atoms with E-state index in [1.165, 1.54) is 7.11 Å². The third-order valence-electron chi connectivity index (χ3n) is 1.66. The number of rotatable bonds is 4. The first-order valence-electron chi connectivity index (χ1n) is 3.66. The van der Waals surface area contributed by atoms with Gasteiger partial charge in [-0.25, -0.2) is 0 Å². The Labute approximate surface area is 73.8 Å². The Hall–Kier alpha value is -1.43. The Morgan fingerprint density at radius 3 is 3.00 bits per heavy atom. The van der Waals surface area contributed by atoms with E-state index in [1.807, 2.05) is 0 Å². The lowest BCUT2D eigenvalue weighted by molar-refractivity contribution is -0.385. The summed E-state index contributed by atoms with van der Waals surface area (Å²) in [6.07, 6.45) is 1.21. The highest BCUT2D eigenvalue weighted by Crippen LogP contribution is 2.20. The minimum Gasteiger partial charge on any atom is -0.384 e. The Morgan fingerprint density at radius 1 is 1.77 bits per heavy atom. The van der Waals surface area contributed by atoms with Crippen LogP contribution in [0.4, 0.5) is 10.2 Å². The van der Waals surface area contributed by atoms with Gasteiger partial charge >= 0.3 is 0 Å². The van der Waals surface area contributed by atoms with E-state index in [2.05, 4.69) is 0 Å². The van der Waals surface area contributed by atoms with Crippen LogP contribution in [0.15, 0.2) is 12.3 Å². The fourth-order valence-corrected chi connectivity index (χ4v) is 1.03. The van der Waals surface area contributed by atoms with Crippen molar-refractivity contribution in [3.63, 3.8) is 0 Å². The highest BCUT2D eigenvalue weighted by Gasteiger charge is 2.18.